The number of carbonyl (C=O) groups is 3. The van der Waals surface area contributed by atoms with Gasteiger partial charge in [0, 0.05) is 57.1 Å². The lowest BCUT2D eigenvalue weighted by molar-refractivity contribution is -0.293. The van der Waals surface area contributed by atoms with Crippen molar-refractivity contribution in [2.45, 2.75) is 324 Å². The number of Topliss-reactive ketones (excluding diaryl/α,β-unsaturated/α-hetero) is 1. The zero-order chi connectivity index (χ0) is 70.4. The summed E-state index contributed by atoms with van der Waals surface area (Å²) in [6.07, 6.45) is 8.50. The summed E-state index contributed by atoms with van der Waals surface area (Å²) in [6.45, 7) is 38.0. The lowest BCUT2D eigenvalue weighted by Crippen LogP contribution is -2.62. The van der Waals surface area contributed by atoms with Crippen molar-refractivity contribution in [3.05, 3.63) is 78.9 Å². The molecule has 11 heterocycles. The maximum atomic E-state index is 14.7. The Morgan fingerprint density at radius 2 is 1.46 bits per heavy atom. The number of methoxy groups -OCH3 is 1. The third-order valence-corrected chi connectivity index (χ3v) is 29.8. The second-order valence-corrected chi connectivity index (χ2v) is 38.4. The third-order valence-electron chi connectivity index (χ3n) is 25.3. The highest BCUT2D eigenvalue weighted by Gasteiger charge is 2.69. The van der Waals surface area contributed by atoms with Crippen molar-refractivity contribution in [1.29, 1.82) is 0 Å². The highest BCUT2D eigenvalue weighted by atomic mass is 28.4. The molecule has 0 radical (unpaired) electrons. The van der Waals surface area contributed by atoms with Gasteiger partial charge in [-0.1, -0.05) is 112 Å². The molecule has 99 heavy (non-hydrogen) atoms. The normalized spacial score (nSPS) is 41.3. The molecule has 13 rings (SSSR count). The number of aliphatic hydroxyl groups is 1. The van der Waals surface area contributed by atoms with Gasteiger partial charge in [0.05, 0.1) is 99.5 Å². The number of benzene rings is 1. The molecular formula is C79H119NO18Si. The van der Waals surface area contributed by atoms with E-state index in [-0.39, 0.29) is 163 Å². The summed E-state index contributed by atoms with van der Waals surface area (Å²) >= 11 is 0. The van der Waals surface area contributed by atoms with E-state index in [4.69, 9.17) is 66.0 Å². The summed E-state index contributed by atoms with van der Waals surface area (Å²) in [5, 5.41) is 15.1. The molecule has 11 saturated heterocycles. The van der Waals surface area contributed by atoms with Crippen LogP contribution in [-0.2, 0) is 77.5 Å². The number of hydrogen-bond donors (Lipinski definition) is 2. The van der Waals surface area contributed by atoms with Gasteiger partial charge in [0.2, 0.25) is 0 Å². The van der Waals surface area contributed by atoms with Crippen LogP contribution in [0.1, 0.15) is 177 Å². The SMILES string of the molecule is C=CCOC(=O)NC[C@H]1C[C@@H]([C@@H](C)CC(=O)C[C@H](C)[C@@H](/C=C/C(O)C[C@H]2O[C@H]3[C@H](C)[C@H]4OC(=O)C[C@H]5CC[C@@H]6O[C@@H]7[C@H]8O[C@@H]9C[C@](CC[C@H]%10CC(=C)[C@H](CC[C@H]%11C[C@@H](C)C(=C)[C@@H](C[C@@H]4O[C@H]3C[C@H]2C)O%11)O%10)(O[C@H]8[C@H]6O5)O[C@H]79)OCc2ccc(OC)cc2)[C@@H](O[Si](C)(C)C(C)(C)C)C[C@H]1C. The summed E-state index contributed by atoms with van der Waals surface area (Å²) in [5.74, 6) is -0.0998. The van der Waals surface area contributed by atoms with Gasteiger partial charge in [-0.15, -0.1) is 0 Å². The lowest BCUT2D eigenvalue weighted by Gasteiger charge is -2.51. The van der Waals surface area contributed by atoms with E-state index in [0.29, 0.717) is 57.9 Å². The highest BCUT2D eigenvalue weighted by Crippen LogP contribution is 2.55. The van der Waals surface area contributed by atoms with Gasteiger partial charge in [-0.25, -0.2) is 4.79 Å². The molecule has 1 amide bonds. The molecule has 1 aliphatic carbocycles. The van der Waals surface area contributed by atoms with Crippen LogP contribution in [0, 0.1) is 47.3 Å². The smallest absolute Gasteiger partial charge is 0.407 e. The number of ether oxygens (including phenoxy) is 13. The highest BCUT2D eigenvalue weighted by molar-refractivity contribution is 6.74. The molecule has 1 aromatic carbocycles. The van der Waals surface area contributed by atoms with Crippen molar-refractivity contribution in [1.82, 2.24) is 5.32 Å². The minimum atomic E-state index is -2.19. The number of rotatable bonds is 20. The Kier molecular flexibility index (Phi) is 23.8. The Morgan fingerprint density at radius 1 is 0.747 bits per heavy atom. The number of ketones is 1. The summed E-state index contributed by atoms with van der Waals surface area (Å²) in [7, 11) is -0.553. The van der Waals surface area contributed by atoms with E-state index >= 15 is 0 Å². The predicted molar refractivity (Wildman–Crippen MR) is 375 cm³/mol. The standard InChI is InChI=1S/C79H119NO18Si/c1-16-29-86-77(84)80-41-52-36-59(65(34-44(52)3)98-99(14,15)78(10,11)12)45(4)30-54(82)31-46(5)60(87-42-51-17-20-55(85-13)21-18-51)24-19-53(81)37-63-48(7)35-66-70(93-63)50(9)71-67(91-66)39-64-49(8)43(2)32-56(89-64)22-25-61-47(6)33-58(88-61)27-28-79-40-68-73(96-79)74-75(94-68)76(97-79)72-62(92-74)26-23-57(90-72)38-69(83)95-71/h16-21,24,43-46,48,50,52-53,56-68,70-76,81H,1,6,8,22-23,25-42H2,2-5,7,9-15H3,(H,80,84)/b24-19+/t43-,44-,45+,46+,48-,50+,52-,53?,56+,57-,58+,59+,60-,61+,62+,63-,64-,65+,66+,67+,68-,70+,71-,72+,73+,74+,75-,76+,79+/m1/s1. The number of nitrogens with one attached hydrogen (secondary N) is 1. The van der Waals surface area contributed by atoms with Gasteiger partial charge in [0.25, 0.3) is 0 Å². The number of alkyl carbamates (subject to hydrolysis) is 1. The van der Waals surface area contributed by atoms with Crippen molar-refractivity contribution in [3.63, 3.8) is 0 Å². The predicted octanol–water partition coefficient (Wildman–Crippen LogP) is 13.0. The van der Waals surface area contributed by atoms with Crippen LogP contribution in [0.15, 0.2) is 73.4 Å². The molecule has 12 aliphatic rings. The minimum absolute atomic E-state index is 0.000797. The number of carbonyl (C=O) groups excluding carboxylic acids is 3. The van der Waals surface area contributed by atoms with Gasteiger partial charge in [-0.2, -0.15) is 0 Å². The maximum absolute atomic E-state index is 14.7. The third kappa shape index (κ3) is 17.1. The molecule has 12 bridgehead atoms. The van der Waals surface area contributed by atoms with Gasteiger partial charge in [-0.05, 0) is 153 Å². The fraction of sp³-hybridized carbons (Fsp3) is 0.785. The second kappa shape index (κ2) is 31.4. The first kappa shape index (κ1) is 74.8. The first-order valence-corrected chi connectivity index (χ1v) is 40.9. The molecule has 1 spiro atoms. The largest absolute Gasteiger partial charge is 0.497 e. The van der Waals surface area contributed by atoms with Crippen LogP contribution < -0.4 is 10.1 Å². The molecular weight excluding hydrogens is 1280 g/mol. The lowest BCUT2D eigenvalue weighted by atomic mass is 9.68. The van der Waals surface area contributed by atoms with E-state index < -0.39 is 69.0 Å². The Hall–Kier alpha value is -3.87. The van der Waals surface area contributed by atoms with Crippen LogP contribution in [0.3, 0.4) is 0 Å². The molecule has 20 heteroatoms. The Labute approximate surface area is 590 Å². The number of amides is 1. The van der Waals surface area contributed by atoms with Crippen molar-refractivity contribution in [2.24, 2.45) is 47.3 Å². The fourth-order valence-corrected chi connectivity index (χ4v) is 19.7. The first-order chi connectivity index (χ1) is 47.1. The van der Waals surface area contributed by atoms with Crippen LogP contribution in [0.2, 0.25) is 18.1 Å². The second-order valence-electron chi connectivity index (χ2n) is 33.6. The fourth-order valence-electron chi connectivity index (χ4n) is 18.4. The van der Waals surface area contributed by atoms with Crippen LogP contribution in [0.4, 0.5) is 4.79 Å². The van der Waals surface area contributed by atoms with E-state index in [1.54, 1.807) is 19.3 Å². The molecule has 0 aromatic heterocycles. The summed E-state index contributed by atoms with van der Waals surface area (Å²) < 4.78 is 94.0. The van der Waals surface area contributed by atoms with Gasteiger partial charge in [-0.3, -0.25) is 9.59 Å². The monoisotopic (exact) mass is 1400 g/mol. The molecule has 2 N–H and O–H groups in total. The quantitative estimate of drug-likeness (QED) is 0.0705. The van der Waals surface area contributed by atoms with Crippen molar-refractivity contribution in [3.8, 4) is 5.75 Å². The average molecular weight is 1400 g/mol. The molecule has 1 aromatic rings. The number of aliphatic hydroxyl groups excluding tert-OH is 1. The molecule has 29 atom stereocenters. The van der Waals surface area contributed by atoms with E-state index in [9.17, 15) is 19.5 Å². The Bertz CT molecular complexity index is 3010. The summed E-state index contributed by atoms with van der Waals surface area (Å²) in [6, 6.07) is 7.75. The zero-order valence-electron chi connectivity index (χ0n) is 61.4. The van der Waals surface area contributed by atoms with Gasteiger partial charge < -0.3 is 76.4 Å². The van der Waals surface area contributed by atoms with Crippen LogP contribution in [0.25, 0.3) is 0 Å². The summed E-state index contributed by atoms with van der Waals surface area (Å²) in [5.41, 5.74) is 3.08. The van der Waals surface area contributed by atoms with E-state index in [1.807, 2.05) is 37.3 Å². The molecule has 552 valence electrons. The molecule has 11 aliphatic heterocycles. The first-order valence-electron chi connectivity index (χ1n) is 38.0. The maximum Gasteiger partial charge on any atom is 0.407 e. The Balaban J connectivity index is 0.729. The van der Waals surface area contributed by atoms with Crippen molar-refractivity contribution >= 4 is 26.2 Å². The van der Waals surface area contributed by atoms with Crippen LogP contribution in [-0.4, -0.2) is 179 Å². The van der Waals surface area contributed by atoms with Gasteiger partial charge in [0.1, 0.15) is 54.8 Å². The summed E-state index contributed by atoms with van der Waals surface area (Å²) in [4.78, 5) is 41.8. The van der Waals surface area contributed by atoms with Crippen molar-refractivity contribution in [2.75, 3.05) is 20.3 Å². The van der Waals surface area contributed by atoms with E-state index in [1.165, 1.54) is 0 Å². The van der Waals surface area contributed by atoms with Gasteiger partial charge in [0.15, 0.2) is 14.1 Å². The van der Waals surface area contributed by atoms with Crippen LogP contribution >= 0.6 is 0 Å². The van der Waals surface area contributed by atoms with E-state index in [2.05, 4.69) is 93.5 Å². The zero-order valence-corrected chi connectivity index (χ0v) is 62.4. The van der Waals surface area contributed by atoms with E-state index in [0.717, 1.165) is 67.4 Å². The van der Waals surface area contributed by atoms with Crippen molar-refractivity contribution < 1.29 is 85.5 Å². The molecule has 12 fully saturated rings. The number of fused-ring (bicyclic) bond motifs is 7. The Morgan fingerprint density at radius 3 is 2.22 bits per heavy atom. The topological polar surface area (TPSA) is 213 Å². The number of esters is 1. The van der Waals surface area contributed by atoms with Crippen LogP contribution in [0.5, 0.6) is 5.75 Å². The molecule has 1 unspecified atom stereocenters. The molecule has 19 nitrogen and oxygen atoms in total. The minimum Gasteiger partial charge on any atom is -0.497 e. The van der Waals surface area contributed by atoms with Gasteiger partial charge >= 0.3 is 12.1 Å². The number of hydrogen-bond acceptors (Lipinski definition) is 18. The average Bonchev–Trinajstić information content (AvgIpc) is 1.56. The molecule has 1 saturated carbocycles.